The molecular weight excluding hydrogens is 731 g/mol. The average Bonchev–Trinajstić information content (AvgIpc) is 3.83. The molecule has 2 aliphatic carbocycles. The molecule has 3 heterocycles. The molecule has 5 heteroatoms. The summed E-state index contributed by atoms with van der Waals surface area (Å²) in [5.74, 6) is 2.57. The predicted molar refractivity (Wildman–Crippen MR) is 250 cm³/mol. The van der Waals surface area contributed by atoms with Crippen molar-refractivity contribution < 1.29 is 0 Å². The Morgan fingerprint density at radius 2 is 1.18 bits per heavy atom. The van der Waals surface area contributed by atoms with Crippen molar-refractivity contribution in [2.45, 2.75) is 26.2 Å². The zero-order valence-electron chi connectivity index (χ0n) is 33.5. The predicted octanol–water partition coefficient (Wildman–Crippen LogP) is 13.9. The summed E-state index contributed by atoms with van der Waals surface area (Å²) < 4.78 is 5.06. The van der Waals surface area contributed by atoms with Crippen LogP contribution in [-0.2, 0) is 0 Å². The molecule has 2 unspecified atom stereocenters. The van der Waals surface area contributed by atoms with Crippen molar-refractivity contribution >= 4 is 76.4 Å². The van der Waals surface area contributed by atoms with Crippen LogP contribution in [-0.4, -0.2) is 24.1 Å². The Labute approximate surface area is 348 Å². The molecule has 3 atom stereocenters. The van der Waals surface area contributed by atoms with Crippen LogP contribution in [0.2, 0.25) is 0 Å². The van der Waals surface area contributed by atoms with Gasteiger partial charge in [-0.15, -0.1) is 0 Å². The maximum Gasteiger partial charge on any atom is 0.163 e. The largest absolute Gasteiger partial charge is 0.312 e. The van der Waals surface area contributed by atoms with Crippen molar-refractivity contribution in [2.75, 3.05) is 0 Å². The van der Waals surface area contributed by atoms with Crippen molar-refractivity contribution in [3.63, 3.8) is 0 Å². The van der Waals surface area contributed by atoms with Crippen molar-refractivity contribution in [2.24, 2.45) is 11.8 Å². The van der Waals surface area contributed by atoms with Crippen LogP contribution in [0.1, 0.15) is 37.8 Å². The smallest absolute Gasteiger partial charge is 0.163 e. The molecule has 7 aromatic carbocycles. The van der Waals surface area contributed by atoms with Crippen molar-refractivity contribution in [3.05, 3.63) is 194 Å². The molecule has 12 rings (SSSR count). The van der Waals surface area contributed by atoms with Gasteiger partial charge in [0.15, 0.2) is 11.6 Å². The summed E-state index contributed by atoms with van der Waals surface area (Å²) in [6.07, 6.45) is 14.5. The number of benzene rings is 7. The van der Waals surface area contributed by atoms with Gasteiger partial charge in [-0.25, -0.2) is 15.0 Å². The first-order valence-corrected chi connectivity index (χ1v) is 21.1. The lowest BCUT2D eigenvalue weighted by atomic mass is 9.86. The van der Waals surface area contributed by atoms with Crippen LogP contribution in [0.5, 0.6) is 0 Å². The molecule has 0 aliphatic heterocycles. The highest BCUT2D eigenvalue weighted by Crippen LogP contribution is 2.47. The van der Waals surface area contributed by atoms with Gasteiger partial charge in [-0.05, 0) is 47.4 Å². The van der Waals surface area contributed by atoms with E-state index in [0.717, 1.165) is 34.9 Å². The van der Waals surface area contributed by atoms with Gasteiger partial charge in [0.05, 0.1) is 22.1 Å². The van der Waals surface area contributed by atoms with Crippen LogP contribution in [0.3, 0.4) is 0 Å². The van der Waals surface area contributed by atoms with Gasteiger partial charge in [-0.1, -0.05) is 172 Å². The quantitative estimate of drug-likeness (QED) is 0.175. The number of fused-ring (bicyclic) bond motifs is 11. The number of aromatic nitrogens is 5. The normalized spacial score (nSPS) is 18.0. The number of rotatable bonds is 5. The summed E-state index contributed by atoms with van der Waals surface area (Å²) in [5, 5.41) is 9.90. The number of allylic oxidation sites excluding steroid dienone is 8. The van der Waals surface area contributed by atoms with Crippen molar-refractivity contribution in [1.82, 2.24) is 24.1 Å². The SMILES string of the molecule is CC1C(n2c3ccc4c5ccc6ccccc6c5n(-c5ccccc5)c4c3c3ccc4ccccc4c32)=CC=CC1c1nc(C2=C[C@H](C)CC=C2)nc(-c2ccccc2)n1. The zero-order chi connectivity index (χ0) is 39.9. The van der Waals surface area contributed by atoms with E-state index < -0.39 is 0 Å². The molecule has 286 valence electrons. The van der Waals surface area contributed by atoms with Crippen LogP contribution < -0.4 is 0 Å². The van der Waals surface area contributed by atoms with Gasteiger partial charge < -0.3 is 9.13 Å². The third kappa shape index (κ3) is 5.28. The van der Waals surface area contributed by atoms with Crippen molar-refractivity contribution in [3.8, 4) is 17.1 Å². The molecule has 0 radical (unpaired) electrons. The monoisotopic (exact) mass is 771 g/mol. The molecule has 0 saturated heterocycles. The van der Waals surface area contributed by atoms with Gasteiger partial charge in [-0.2, -0.15) is 0 Å². The standard InChI is InChI=1S/C55H41N5/c1-34-15-13-20-39(33-34)54-56-53(38-18-5-3-6-19-38)57-55(58-54)41-25-14-26-47(35(41)2)60-48-32-31-45-44-29-27-36-16-9-11-23-42(36)50(44)59(40-21-7-4-8-22-40)52(45)49(48)46-30-28-37-17-10-12-24-43(37)51(46)60/h3-14,16-35,41H,15H2,1-2H3/t34-,35?,41?/m1/s1. The van der Waals surface area contributed by atoms with Crippen LogP contribution >= 0.6 is 0 Å². The van der Waals surface area contributed by atoms with Gasteiger partial charge in [0.25, 0.3) is 0 Å². The highest BCUT2D eigenvalue weighted by molar-refractivity contribution is 6.31. The fourth-order valence-corrected chi connectivity index (χ4v) is 9.97. The van der Waals surface area contributed by atoms with E-state index in [1.165, 1.54) is 70.9 Å². The Balaban J connectivity index is 1.13. The third-order valence-corrected chi connectivity index (χ3v) is 12.8. The Hall–Kier alpha value is -7.37. The van der Waals surface area contributed by atoms with Crippen molar-refractivity contribution in [1.29, 1.82) is 0 Å². The highest BCUT2D eigenvalue weighted by Gasteiger charge is 2.31. The molecular formula is C55H41N5. The Kier molecular flexibility index (Phi) is 7.86. The first-order valence-electron chi connectivity index (χ1n) is 21.1. The fraction of sp³-hybridized carbons (Fsp3) is 0.109. The van der Waals surface area contributed by atoms with Gasteiger partial charge in [0, 0.05) is 66.7 Å². The summed E-state index contributed by atoms with van der Waals surface area (Å²) in [4.78, 5) is 15.6. The number of para-hydroxylation sites is 1. The topological polar surface area (TPSA) is 48.5 Å². The summed E-state index contributed by atoms with van der Waals surface area (Å²) >= 11 is 0. The van der Waals surface area contributed by atoms with E-state index >= 15 is 0 Å². The van der Waals surface area contributed by atoms with Crippen LogP contribution in [0.25, 0.3) is 93.5 Å². The first-order chi connectivity index (χ1) is 29.6. The second-order valence-corrected chi connectivity index (χ2v) is 16.5. The second kappa shape index (κ2) is 13.6. The maximum atomic E-state index is 5.28. The Bertz CT molecular complexity index is 3490. The van der Waals surface area contributed by atoms with E-state index in [1.54, 1.807) is 0 Å². The molecule has 3 aromatic heterocycles. The van der Waals surface area contributed by atoms with Gasteiger partial charge in [0.2, 0.25) is 0 Å². The Morgan fingerprint density at radius 3 is 1.93 bits per heavy atom. The lowest BCUT2D eigenvalue weighted by molar-refractivity contribution is 0.596. The van der Waals surface area contributed by atoms with Crippen LogP contribution in [0, 0.1) is 11.8 Å². The van der Waals surface area contributed by atoms with E-state index in [1.807, 2.05) is 18.2 Å². The third-order valence-electron chi connectivity index (χ3n) is 12.8. The van der Waals surface area contributed by atoms with E-state index in [4.69, 9.17) is 15.0 Å². The van der Waals surface area contributed by atoms with Gasteiger partial charge in [-0.3, -0.25) is 0 Å². The van der Waals surface area contributed by atoms with E-state index in [0.29, 0.717) is 11.7 Å². The number of hydrogen-bond donors (Lipinski definition) is 0. The second-order valence-electron chi connectivity index (χ2n) is 16.5. The molecule has 0 N–H and O–H groups in total. The minimum Gasteiger partial charge on any atom is -0.312 e. The lowest BCUT2D eigenvalue weighted by Crippen LogP contribution is -2.20. The molecule has 10 aromatic rings. The fourth-order valence-electron chi connectivity index (χ4n) is 9.97. The molecule has 60 heavy (non-hydrogen) atoms. The lowest BCUT2D eigenvalue weighted by Gasteiger charge is -2.28. The molecule has 0 spiro atoms. The minimum absolute atomic E-state index is 0.0288. The van der Waals surface area contributed by atoms with E-state index in [2.05, 4.69) is 187 Å². The minimum atomic E-state index is -0.0897. The van der Waals surface area contributed by atoms with E-state index in [-0.39, 0.29) is 11.8 Å². The Morgan fingerprint density at radius 1 is 0.550 bits per heavy atom. The zero-order valence-corrected chi connectivity index (χ0v) is 33.5. The number of hydrogen-bond acceptors (Lipinski definition) is 3. The average molecular weight is 772 g/mol. The molecule has 2 aliphatic rings. The summed E-state index contributed by atoms with van der Waals surface area (Å²) in [6, 6.07) is 52.7. The summed E-state index contributed by atoms with van der Waals surface area (Å²) in [7, 11) is 0. The molecule has 0 fully saturated rings. The van der Waals surface area contributed by atoms with Gasteiger partial charge in [0.1, 0.15) is 5.82 Å². The number of nitrogens with zero attached hydrogens (tertiary/aromatic N) is 5. The molecule has 5 nitrogen and oxygen atoms in total. The summed E-state index contributed by atoms with van der Waals surface area (Å²) in [5.41, 5.74) is 9.24. The highest BCUT2D eigenvalue weighted by atomic mass is 15.1. The molecule has 0 saturated carbocycles. The van der Waals surface area contributed by atoms with Crippen LogP contribution in [0.4, 0.5) is 0 Å². The van der Waals surface area contributed by atoms with Gasteiger partial charge >= 0.3 is 0 Å². The molecule has 0 amide bonds. The van der Waals surface area contributed by atoms with E-state index in [9.17, 15) is 0 Å². The summed E-state index contributed by atoms with van der Waals surface area (Å²) in [6.45, 7) is 4.58. The van der Waals surface area contributed by atoms with Crippen LogP contribution in [0.15, 0.2) is 182 Å². The maximum absolute atomic E-state index is 5.28. The molecule has 0 bridgehead atoms. The first kappa shape index (κ1) is 34.7.